The second-order valence-electron chi connectivity index (χ2n) is 8.08. The summed E-state index contributed by atoms with van der Waals surface area (Å²) in [6, 6.07) is 0. The zero-order valence-electron chi connectivity index (χ0n) is 16.2. The Morgan fingerprint density at radius 2 is 1.14 bits per heavy atom. The van der Waals surface area contributed by atoms with Gasteiger partial charge in [-0.2, -0.15) is 11.1 Å². The normalized spacial score (nSPS) is 16.4. The van der Waals surface area contributed by atoms with Crippen molar-refractivity contribution in [2.45, 2.75) is 73.9 Å². The van der Waals surface area contributed by atoms with Crippen molar-refractivity contribution < 1.29 is 50.7 Å². The van der Waals surface area contributed by atoms with Crippen molar-refractivity contribution in [2.75, 3.05) is 0 Å². The van der Waals surface area contributed by atoms with E-state index in [1.54, 1.807) is 0 Å². The van der Waals surface area contributed by atoms with Crippen LogP contribution in [0.3, 0.4) is 0 Å². The van der Waals surface area contributed by atoms with Gasteiger partial charge >= 0.3 is 25.8 Å². The summed E-state index contributed by atoms with van der Waals surface area (Å²) in [6.45, 7) is 24.7. The third-order valence-corrected chi connectivity index (χ3v) is 8.60. The van der Waals surface area contributed by atoms with E-state index in [0.29, 0.717) is 0 Å². The molecule has 0 unspecified atom stereocenters. The third-order valence-electron chi connectivity index (χ3n) is 3.23. The van der Waals surface area contributed by atoms with Crippen molar-refractivity contribution >= 4 is 16.5 Å². The molecule has 0 saturated carbocycles. The van der Waals surface area contributed by atoms with Crippen LogP contribution >= 0.6 is 0 Å². The van der Waals surface area contributed by atoms with Crippen LogP contribution in [0.5, 0.6) is 0 Å². The number of nitrogens with zero attached hydrogens (tertiary/aromatic N) is 1. The van der Waals surface area contributed by atoms with E-state index in [9.17, 15) is 0 Å². The number of allylic oxidation sites excluding steroid dienone is 4. The van der Waals surface area contributed by atoms with Gasteiger partial charge in [-0.25, -0.2) is 5.57 Å². The summed E-state index contributed by atoms with van der Waals surface area (Å²) in [5, 5.41) is 0. The first-order valence-electron chi connectivity index (χ1n) is 7.20. The van der Waals surface area contributed by atoms with Gasteiger partial charge in [-0.05, 0) is 0 Å². The summed E-state index contributed by atoms with van der Waals surface area (Å²) >= 11 is 0. The molecule has 0 aromatic rings. The van der Waals surface area contributed by atoms with Gasteiger partial charge < -0.3 is 29.5 Å². The molecular formula is C16H33Cl2HfNSi2. The predicted octanol–water partition coefficient (Wildman–Crippen LogP) is 0.147. The predicted molar refractivity (Wildman–Crippen MR) is 94.6 cm³/mol. The van der Waals surface area contributed by atoms with Gasteiger partial charge in [-0.3, -0.25) is 6.08 Å². The number of rotatable bonds is 2. The van der Waals surface area contributed by atoms with Crippen molar-refractivity contribution in [2.24, 2.45) is 5.41 Å². The molecule has 0 radical (unpaired) electrons. The third kappa shape index (κ3) is 12.7. The molecule has 0 atom stereocenters. The zero-order valence-corrected chi connectivity index (χ0v) is 23.3. The summed E-state index contributed by atoms with van der Waals surface area (Å²) in [5.74, 6) is 0. The van der Waals surface area contributed by atoms with Crippen LogP contribution in [0.4, 0.5) is 0 Å². The molecule has 6 heteroatoms. The molecule has 1 aliphatic carbocycles. The fraction of sp³-hybridized carbons (Fsp3) is 0.750. The van der Waals surface area contributed by atoms with Crippen LogP contribution in [-0.4, -0.2) is 16.5 Å². The second kappa shape index (κ2) is 11.0. The minimum absolute atomic E-state index is 0. The Morgan fingerprint density at radius 1 is 0.818 bits per heavy atom. The molecule has 0 bridgehead atoms. The Hall–Kier alpha value is 1.32. The second-order valence-corrected chi connectivity index (χ2v) is 17.7. The zero-order chi connectivity index (χ0) is 15.6. The molecule has 1 nitrogen and oxygen atoms in total. The first-order chi connectivity index (χ1) is 8.16. The maximum atomic E-state index is 4.82. The number of halogens is 2. The van der Waals surface area contributed by atoms with Crippen LogP contribution in [0, 0.1) is 11.5 Å². The van der Waals surface area contributed by atoms with Crippen LogP contribution in [0.15, 0.2) is 16.7 Å². The van der Waals surface area contributed by atoms with Crippen molar-refractivity contribution in [3.63, 3.8) is 0 Å². The molecule has 0 amide bonds. The number of hydrogen-bond donors (Lipinski definition) is 0. The van der Waals surface area contributed by atoms with E-state index in [1.165, 1.54) is 16.7 Å². The monoisotopic (exact) mass is 545 g/mol. The van der Waals surface area contributed by atoms with Gasteiger partial charge in [0.05, 0.1) is 0 Å². The van der Waals surface area contributed by atoms with Gasteiger partial charge in [-0.15, -0.1) is 6.92 Å². The summed E-state index contributed by atoms with van der Waals surface area (Å²) < 4.78 is 4.82. The van der Waals surface area contributed by atoms with Crippen molar-refractivity contribution in [3.8, 4) is 0 Å². The standard InChI is InChI=1S/C10H15.C6H18NSi2.2ClH.Hf/c1-7-6-10(4,5)9(3)8(7)2;1-8(2,3)7-9(4,5)6;;;/h1-5H3;1-6H3;2*1H;/q2*-1;;;+4/p-2. The molecular weight excluding hydrogens is 512 g/mol. The molecule has 1 aliphatic rings. The molecule has 22 heavy (non-hydrogen) atoms. The SMILES string of the molecule is CC1=[C-]C(C)(C)C(C)=C1C.C[Si](C)(C)[N-][Si](C)(C)C.[Cl-].[Cl-].[Hf+4]. The molecule has 0 saturated heterocycles. The van der Waals surface area contributed by atoms with Crippen LogP contribution in [0.2, 0.25) is 39.3 Å². The van der Waals surface area contributed by atoms with Crippen LogP contribution in [0.1, 0.15) is 34.6 Å². The minimum Gasteiger partial charge on any atom is -1.00 e. The van der Waals surface area contributed by atoms with Gasteiger partial charge in [-0.1, -0.05) is 88.9 Å². The van der Waals surface area contributed by atoms with Gasteiger partial charge in [0.2, 0.25) is 0 Å². The Labute approximate surface area is 173 Å². The van der Waals surface area contributed by atoms with Crippen molar-refractivity contribution in [3.05, 3.63) is 27.4 Å². The van der Waals surface area contributed by atoms with E-state index >= 15 is 0 Å². The van der Waals surface area contributed by atoms with E-state index in [1.807, 2.05) is 0 Å². The van der Waals surface area contributed by atoms with Crippen molar-refractivity contribution in [1.82, 2.24) is 0 Å². The minimum atomic E-state index is -1.11. The van der Waals surface area contributed by atoms with Gasteiger partial charge in [0.15, 0.2) is 0 Å². The smallest absolute Gasteiger partial charge is 1.00 e. The van der Waals surface area contributed by atoms with Crippen LogP contribution in [0.25, 0.3) is 4.65 Å². The molecule has 0 heterocycles. The Morgan fingerprint density at radius 3 is 1.18 bits per heavy atom. The van der Waals surface area contributed by atoms with Gasteiger partial charge in [0, 0.05) is 0 Å². The maximum absolute atomic E-state index is 4.82. The molecule has 0 fully saturated rings. The maximum Gasteiger partial charge on any atom is 4.00 e. The first kappa shape index (κ1) is 31.1. The van der Waals surface area contributed by atoms with Gasteiger partial charge in [0.25, 0.3) is 0 Å². The van der Waals surface area contributed by atoms with E-state index in [2.05, 4.69) is 80.0 Å². The molecule has 0 aromatic carbocycles. The van der Waals surface area contributed by atoms with E-state index in [0.717, 1.165) is 0 Å². The Bertz CT molecular complexity index is 380. The largest absolute Gasteiger partial charge is 4.00 e. The van der Waals surface area contributed by atoms with E-state index < -0.39 is 16.5 Å². The molecule has 0 aromatic heterocycles. The van der Waals surface area contributed by atoms with Crippen LogP contribution in [-0.2, 0) is 25.8 Å². The average Bonchev–Trinajstić information content (AvgIpc) is 2.24. The van der Waals surface area contributed by atoms with E-state index in [4.69, 9.17) is 4.65 Å². The van der Waals surface area contributed by atoms with Gasteiger partial charge in [0.1, 0.15) is 0 Å². The van der Waals surface area contributed by atoms with Crippen molar-refractivity contribution in [1.29, 1.82) is 0 Å². The molecule has 1 rings (SSSR count). The van der Waals surface area contributed by atoms with E-state index in [-0.39, 0.29) is 56.1 Å². The summed E-state index contributed by atoms with van der Waals surface area (Å²) in [5.41, 5.74) is 4.39. The summed E-state index contributed by atoms with van der Waals surface area (Å²) in [4.78, 5) is 0. The fourth-order valence-electron chi connectivity index (χ4n) is 2.41. The quantitative estimate of drug-likeness (QED) is 0.347. The molecule has 0 aliphatic heterocycles. The average molecular weight is 545 g/mol. The Kier molecular flexibility index (Phi) is 15.6. The molecule has 0 spiro atoms. The molecule has 128 valence electrons. The number of hydrogen-bond acceptors (Lipinski definition) is 0. The Balaban J connectivity index is -0.000000130. The molecule has 0 N–H and O–H groups in total. The summed E-state index contributed by atoms with van der Waals surface area (Å²) in [6.07, 6.45) is 3.44. The topological polar surface area (TPSA) is 14.1 Å². The fourth-order valence-corrected chi connectivity index (χ4v) is 10.5. The van der Waals surface area contributed by atoms with Crippen LogP contribution < -0.4 is 24.8 Å². The first-order valence-corrected chi connectivity index (χ1v) is 14.1. The summed E-state index contributed by atoms with van der Waals surface area (Å²) in [7, 11) is -2.21.